The molecule has 0 saturated carbocycles. The van der Waals surface area contributed by atoms with Crippen LogP contribution in [-0.2, 0) is 20.9 Å². The van der Waals surface area contributed by atoms with Crippen molar-refractivity contribution < 1.29 is 28.5 Å². The van der Waals surface area contributed by atoms with Crippen LogP contribution in [0.1, 0.15) is 42.9 Å². The van der Waals surface area contributed by atoms with Gasteiger partial charge in [0.15, 0.2) is 11.5 Å². The van der Waals surface area contributed by atoms with Crippen molar-refractivity contribution in [3.63, 3.8) is 0 Å². The van der Waals surface area contributed by atoms with E-state index in [4.69, 9.17) is 14.2 Å². The van der Waals surface area contributed by atoms with Gasteiger partial charge in [0.2, 0.25) is 12.3 Å². The average molecular weight is 542 g/mol. The van der Waals surface area contributed by atoms with Crippen LogP contribution in [0.3, 0.4) is 0 Å². The summed E-state index contributed by atoms with van der Waals surface area (Å²) in [7, 11) is 8.12. The number of methoxy groups -OCH3 is 4. The number of nitrogens with zero attached hydrogens (tertiary/aromatic N) is 2. The molecule has 1 spiro atoms. The van der Waals surface area contributed by atoms with Crippen molar-refractivity contribution in [2.45, 2.75) is 38.3 Å². The lowest BCUT2D eigenvalue weighted by Crippen LogP contribution is -2.45. The standard InChI is InChI=1S/C28H37N3O5.C2H6O/c1-34-23-7-4-21(5-8-23)19-31-17-13-28(27(31)33)11-15-30(16-12-28)14-10-24(29-20-32)22-6-9-25(35-2)26(18-22)36-3;1-3-2/h4-9,18,20,24H,10-17,19H2,1-3H3,(H,29,32);1-2H3. The molecule has 0 aromatic heterocycles. The molecule has 2 aromatic carbocycles. The van der Waals surface area contributed by atoms with Crippen LogP contribution in [0.2, 0.25) is 0 Å². The third-order valence-electron chi connectivity index (χ3n) is 7.76. The number of carbonyl (C=O) groups excluding carboxylic acids is 2. The number of carbonyl (C=O) groups is 2. The number of ether oxygens (including phenoxy) is 4. The Bertz CT molecular complexity index is 1050. The molecule has 1 atom stereocenters. The van der Waals surface area contributed by atoms with E-state index < -0.39 is 0 Å². The van der Waals surface area contributed by atoms with E-state index in [1.165, 1.54) is 0 Å². The van der Waals surface area contributed by atoms with Gasteiger partial charge >= 0.3 is 0 Å². The molecule has 4 rings (SSSR count). The van der Waals surface area contributed by atoms with Crippen LogP contribution in [0.5, 0.6) is 17.2 Å². The molecule has 2 fully saturated rings. The lowest BCUT2D eigenvalue weighted by molar-refractivity contribution is -0.138. The molecule has 2 heterocycles. The van der Waals surface area contributed by atoms with E-state index in [9.17, 15) is 9.59 Å². The van der Waals surface area contributed by atoms with Crippen molar-refractivity contribution in [3.8, 4) is 17.2 Å². The largest absolute Gasteiger partial charge is 0.497 e. The Morgan fingerprint density at radius 1 is 0.897 bits per heavy atom. The van der Waals surface area contributed by atoms with Gasteiger partial charge in [-0.15, -0.1) is 0 Å². The van der Waals surface area contributed by atoms with Gasteiger partial charge in [-0.1, -0.05) is 18.2 Å². The zero-order chi connectivity index (χ0) is 28.3. The van der Waals surface area contributed by atoms with Crippen LogP contribution in [-0.4, -0.2) is 83.8 Å². The van der Waals surface area contributed by atoms with Crippen LogP contribution in [0.25, 0.3) is 0 Å². The molecule has 2 amide bonds. The highest BCUT2D eigenvalue weighted by atomic mass is 16.5. The summed E-state index contributed by atoms with van der Waals surface area (Å²) in [5, 5.41) is 2.95. The van der Waals surface area contributed by atoms with Crippen LogP contribution >= 0.6 is 0 Å². The average Bonchev–Trinajstić information content (AvgIpc) is 3.26. The molecule has 0 bridgehead atoms. The van der Waals surface area contributed by atoms with E-state index in [2.05, 4.69) is 15.0 Å². The molecular weight excluding hydrogens is 498 g/mol. The second-order valence-electron chi connectivity index (χ2n) is 10.1. The molecule has 9 heteroatoms. The van der Waals surface area contributed by atoms with Crippen LogP contribution in [0.15, 0.2) is 42.5 Å². The minimum Gasteiger partial charge on any atom is -0.497 e. The van der Waals surface area contributed by atoms with E-state index in [1.807, 2.05) is 47.4 Å². The van der Waals surface area contributed by atoms with E-state index in [0.29, 0.717) is 24.0 Å². The topological polar surface area (TPSA) is 89.6 Å². The van der Waals surface area contributed by atoms with Crippen molar-refractivity contribution in [1.82, 2.24) is 15.1 Å². The highest BCUT2D eigenvalue weighted by Crippen LogP contribution is 2.42. The third kappa shape index (κ3) is 7.64. The highest BCUT2D eigenvalue weighted by Gasteiger charge is 2.47. The van der Waals surface area contributed by atoms with E-state index in [0.717, 1.165) is 75.1 Å². The molecule has 39 heavy (non-hydrogen) atoms. The second-order valence-corrected chi connectivity index (χ2v) is 10.1. The fourth-order valence-electron chi connectivity index (χ4n) is 5.47. The van der Waals surface area contributed by atoms with Crippen LogP contribution in [0.4, 0.5) is 0 Å². The maximum absolute atomic E-state index is 13.4. The molecule has 1 unspecified atom stereocenters. The van der Waals surface area contributed by atoms with E-state index >= 15 is 0 Å². The first-order valence-electron chi connectivity index (χ1n) is 13.4. The molecule has 1 N–H and O–H groups in total. The Balaban J connectivity index is 0.00000134. The quantitative estimate of drug-likeness (QED) is 0.434. The second kappa shape index (κ2) is 14.7. The van der Waals surface area contributed by atoms with E-state index in [1.54, 1.807) is 35.5 Å². The summed E-state index contributed by atoms with van der Waals surface area (Å²) in [4.78, 5) is 29.1. The van der Waals surface area contributed by atoms with Gasteiger partial charge in [0, 0.05) is 33.9 Å². The molecule has 9 nitrogen and oxygen atoms in total. The molecule has 214 valence electrons. The number of piperidine rings is 1. The molecule has 2 aliphatic heterocycles. The number of hydrogen-bond acceptors (Lipinski definition) is 7. The van der Waals surface area contributed by atoms with Crippen LogP contribution < -0.4 is 19.5 Å². The smallest absolute Gasteiger partial charge is 0.229 e. The number of nitrogens with one attached hydrogen (secondary N) is 1. The van der Waals surface area contributed by atoms with Crippen LogP contribution in [0, 0.1) is 5.41 Å². The number of rotatable bonds is 11. The van der Waals surface area contributed by atoms with Crippen molar-refractivity contribution in [2.24, 2.45) is 5.41 Å². The maximum Gasteiger partial charge on any atom is 0.229 e. The summed E-state index contributed by atoms with van der Waals surface area (Å²) >= 11 is 0. The fourth-order valence-corrected chi connectivity index (χ4v) is 5.47. The lowest BCUT2D eigenvalue weighted by Gasteiger charge is -2.38. The van der Waals surface area contributed by atoms with Gasteiger partial charge < -0.3 is 34.1 Å². The van der Waals surface area contributed by atoms with Gasteiger partial charge in [0.05, 0.1) is 32.8 Å². The number of benzene rings is 2. The Kier molecular flexibility index (Phi) is 11.4. The fraction of sp³-hybridized carbons (Fsp3) is 0.533. The van der Waals surface area contributed by atoms with Gasteiger partial charge in [0.25, 0.3) is 0 Å². The molecular formula is C30H43N3O6. The summed E-state index contributed by atoms with van der Waals surface area (Å²) in [6, 6.07) is 13.6. The maximum atomic E-state index is 13.4. The lowest BCUT2D eigenvalue weighted by atomic mass is 9.77. The minimum absolute atomic E-state index is 0.119. The third-order valence-corrected chi connectivity index (χ3v) is 7.76. The number of amides is 2. The summed E-state index contributed by atoms with van der Waals surface area (Å²) in [6.07, 6.45) is 4.22. The Morgan fingerprint density at radius 2 is 1.54 bits per heavy atom. The number of hydrogen-bond donors (Lipinski definition) is 1. The molecule has 0 aliphatic carbocycles. The van der Waals surface area contributed by atoms with Crippen molar-refractivity contribution in [2.75, 3.05) is 61.7 Å². The van der Waals surface area contributed by atoms with Crippen molar-refractivity contribution in [1.29, 1.82) is 0 Å². The Labute approximate surface area is 232 Å². The molecule has 2 aliphatic rings. The van der Waals surface area contributed by atoms with Crippen molar-refractivity contribution >= 4 is 12.3 Å². The summed E-state index contributed by atoms with van der Waals surface area (Å²) in [5.41, 5.74) is 1.88. The van der Waals surface area contributed by atoms with Gasteiger partial charge in [0.1, 0.15) is 5.75 Å². The Morgan fingerprint density at radius 3 is 2.13 bits per heavy atom. The normalized spacial score (nSPS) is 17.3. The van der Waals surface area contributed by atoms with Gasteiger partial charge in [-0.2, -0.15) is 0 Å². The SMILES string of the molecule is COC.COc1ccc(CN2CCC3(CCN(CCC(NC=O)c4ccc(OC)c(OC)c4)CC3)C2=O)cc1. The summed E-state index contributed by atoms with van der Waals surface area (Å²) in [5.74, 6) is 2.43. The minimum atomic E-state index is -0.229. The van der Waals surface area contributed by atoms with E-state index in [-0.39, 0.29) is 11.5 Å². The zero-order valence-corrected chi connectivity index (χ0v) is 23.9. The zero-order valence-electron chi connectivity index (χ0n) is 23.9. The highest BCUT2D eigenvalue weighted by molar-refractivity contribution is 5.85. The molecule has 2 saturated heterocycles. The first-order chi connectivity index (χ1) is 18.9. The van der Waals surface area contributed by atoms with Gasteiger partial charge in [-0.25, -0.2) is 0 Å². The Hall–Kier alpha value is -3.30. The predicted molar refractivity (Wildman–Crippen MR) is 150 cm³/mol. The first-order valence-corrected chi connectivity index (χ1v) is 13.4. The summed E-state index contributed by atoms with van der Waals surface area (Å²) in [6.45, 7) is 4.09. The van der Waals surface area contributed by atoms with Gasteiger partial charge in [-0.3, -0.25) is 9.59 Å². The predicted octanol–water partition coefficient (Wildman–Crippen LogP) is 3.67. The first kappa shape index (κ1) is 30.2. The molecule has 0 radical (unpaired) electrons. The summed E-state index contributed by atoms with van der Waals surface area (Å²) < 4.78 is 20.2. The van der Waals surface area contributed by atoms with Crippen molar-refractivity contribution in [3.05, 3.63) is 53.6 Å². The number of likely N-dealkylation sites (tertiary alicyclic amines) is 2. The monoisotopic (exact) mass is 541 g/mol. The van der Waals surface area contributed by atoms with Gasteiger partial charge in [-0.05, 0) is 74.2 Å². The molecule has 2 aromatic rings.